The summed E-state index contributed by atoms with van der Waals surface area (Å²) in [5, 5.41) is 0. The van der Waals surface area contributed by atoms with Crippen LogP contribution in [0.3, 0.4) is 0 Å². The van der Waals surface area contributed by atoms with Gasteiger partial charge in [-0.2, -0.15) is 8.42 Å². The van der Waals surface area contributed by atoms with E-state index in [0.717, 1.165) is 30.6 Å². The summed E-state index contributed by atoms with van der Waals surface area (Å²) < 4.78 is 33.9. The molecule has 1 unspecified atom stereocenters. The Kier molecular flexibility index (Phi) is 9.37. The first-order valence-electron chi connectivity index (χ1n) is 10.8. The van der Waals surface area contributed by atoms with Crippen LogP contribution in [-0.2, 0) is 16.7 Å². The van der Waals surface area contributed by atoms with E-state index in [9.17, 15) is 13.2 Å². The summed E-state index contributed by atoms with van der Waals surface area (Å²) in [6.45, 7) is 8.80. The third-order valence-electron chi connectivity index (χ3n) is 5.10. The summed E-state index contributed by atoms with van der Waals surface area (Å²) in [6.07, 6.45) is 2.89. The molecule has 0 aliphatic heterocycles. The van der Waals surface area contributed by atoms with Gasteiger partial charge in [0.25, 0.3) is 5.91 Å². The molecule has 0 heterocycles. The first kappa shape index (κ1) is 24.7. The van der Waals surface area contributed by atoms with Crippen LogP contribution in [-0.4, -0.2) is 37.6 Å². The average molecular weight is 448 g/mol. The van der Waals surface area contributed by atoms with Crippen molar-refractivity contribution in [3.8, 4) is 11.5 Å². The molecule has 170 valence electrons. The van der Waals surface area contributed by atoms with Gasteiger partial charge in [-0.15, -0.1) is 0 Å². The van der Waals surface area contributed by atoms with Crippen LogP contribution in [0.25, 0.3) is 0 Å². The third kappa shape index (κ3) is 7.58. The molecular formula is C24H33NO5S. The lowest BCUT2D eigenvalue weighted by Crippen LogP contribution is -2.37. The minimum absolute atomic E-state index is 0.0457. The fraction of sp³-hybridized carbons (Fsp3) is 0.458. The van der Waals surface area contributed by atoms with Crippen LogP contribution in [0.4, 0.5) is 0 Å². The lowest BCUT2D eigenvalue weighted by molar-refractivity contribution is 0.0671. The summed E-state index contributed by atoms with van der Waals surface area (Å²) in [5.41, 5.74) is 1.51. The van der Waals surface area contributed by atoms with Gasteiger partial charge in [0.2, 0.25) is 0 Å². The lowest BCUT2D eigenvalue weighted by atomic mass is 10.1. The second-order valence-corrected chi connectivity index (χ2v) is 9.35. The standard InChI is InChI=1S/C24H33NO5S/c1-5-8-17-29-22-15-11-21(12-16-22)24(26)25(19(4)6-2)18-20-9-13-23(14-10-20)30-31(27,28)7-3/h9-16,19H,5-8,17-18H2,1-4H3. The molecule has 6 nitrogen and oxygen atoms in total. The summed E-state index contributed by atoms with van der Waals surface area (Å²) >= 11 is 0. The Morgan fingerprint density at radius 1 is 0.968 bits per heavy atom. The lowest BCUT2D eigenvalue weighted by Gasteiger charge is -2.29. The molecule has 0 N–H and O–H groups in total. The molecule has 0 aliphatic carbocycles. The quantitative estimate of drug-likeness (QED) is 0.337. The van der Waals surface area contributed by atoms with Gasteiger partial charge in [0.1, 0.15) is 11.5 Å². The number of amides is 1. The van der Waals surface area contributed by atoms with Gasteiger partial charge in [-0.1, -0.05) is 32.4 Å². The van der Waals surface area contributed by atoms with Crippen molar-refractivity contribution in [2.24, 2.45) is 0 Å². The summed E-state index contributed by atoms with van der Waals surface area (Å²) in [5.74, 6) is 0.889. The van der Waals surface area contributed by atoms with Crippen LogP contribution in [0.5, 0.6) is 11.5 Å². The number of hydrogen-bond donors (Lipinski definition) is 0. The van der Waals surface area contributed by atoms with Gasteiger partial charge in [-0.25, -0.2) is 0 Å². The van der Waals surface area contributed by atoms with Crippen LogP contribution in [0.15, 0.2) is 48.5 Å². The first-order chi connectivity index (χ1) is 14.8. The van der Waals surface area contributed by atoms with E-state index < -0.39 is 10.1 Å². The van der Waals surface area contributed by atoms with Crippen LogP contribution < -0.4 is 8.92 Å². The fourth-order valence-electron chi connectivity index (χ4n) is 2.89. The average Bonchev–Trinajstić information content (AvgIpc) is 2.78. The van der Waals surface area contributed by atoms with Gasteiger partial charge in [-0.05, 0) is 68.7 Å². The van der Waals surface area contributed by atoms with Gasteiger partial charge in [0, 0.05) is 18.2 Å². The third-order valence-corrected chi connectivity index (χ3v) is 6.26. The molecule has 0 saturated carbocycles. The zero-order chi connectivity index (χ0) is 22.9. The van der Waals surface area contributed by atoms with Crippen molar-refractivity contribution in [3.63, 3.8) is 0 Å². The highest BCUT2D eigenvalue weighted by Crippen LogP contribution is 2.20. The van der Waals surface area contributed by atoms with E-state index in [1.165, 1.54) is 6.92 Å². The highest BCUT2D eigenvalue weighted by Gasteiger charge is 2.21. The van der Waals surface area contributed by atoms with Gasteiger partial charge in [0.15, 0.2) is 0 Å². The Hall–Kier alpha value is -2.54. The van der Waals surface area contributed by atoms with Gasteiger partial charge >= 0.3 is 10.1 Å². The van der Waals surface area contributed by atoms with Crippen molar-refractivity contribution in [3.05, 3.63) is 59.7 Å². The summed E-state index contributed by atoms with van der Waals surface area (Å²) in [7, 11) is -3.56. The zero-order valence-electron chi connectivity index (χ0n) is 18.8. The minimum atomic E-state index is -3.56. The largest absolute Gasteiger partial charge is 0.494 e. The van der Waals surface area contributed by atoms with Crippen LogP contribution >= 0.6 is 0 Å². The molecule has 1 atom stereocenters. The van der Waals surface area contributed by atoms with Gasteiger partial charge in [0.05, 0.1) is 12.4 Å². The molecule has 0 fully saturated rings. The van der Waals surface area contributed by atoms with Crippen LogP contribution in [0.1, 0.15) is 62.9 Å². The molecule has 0 spiro atoms. The molecule has 0 bridgehead atoms. The zero-order valence-corrected chi connectivity index (χ0v) is 19.7. The van der Waals surface area contributed by atoms with Crippen molar-refractivity contribution in [2.45, 2.75) is 59.5 Å². The number of rotatable bonds is 12. The van der Waals surface area contributed by atoms with Crippen molar-refractivity contribution in [2.75, 3.05) is 12.4 Å². The van der Waals surface area contributed by atoms with E-state index in [1.807, 2.05) is 30.9 Å². The molecule has 1 amide bonds. The van der Waals surface area contributed by atoms with E-state index in [0.29, 0.717) is 18.7 Å². The van der Waals surface area contributed by atoms with E-state index in [1.54, 1.807) is 36.4 Å². The number of carbonyl (C=O) groups is 1. The highest BCUT2D eigenvalue weighted by molar-refractivity contribution is 7.87. The van der Waals surface area contributed by atoms with Crippen molar-refractivity contribution >= 4 is 16.0 Å². The molecule has 31 heavy (non-hydrogen) atoms. The number of benzene rings is 2. The Bertz CT molecular complexity index is 923. The second kappa shape index (κ2) is 11.7. The molecule has 2 rings (SSSR count). The highest BCUT2D eigenvalue weighted by atomic mass is 32.2. The normalized spacial score (nSPS) is 12.3. The molecule has 2 aromatic rings. The van der Waals surface area contributed by atoms with E-state index in [4.69, 9.17) is 8.92 Å². The van der Waals surface area contributed by atoms with E-state index in [2.05, 4.69) is 6.92 Å². The minimum Gasteiger partial charge on any atom is -0.494 e. The Morgan fingerprint density at radius 2 is 1.58 bits per heavy atom. The van der Waals surface area contributed by atoms with Crippen molar-refractivity contribution in [1.29, 1.82) is 0 Å². The first-order valence-corrected chi connectivity index (χ1v) is 12.4. The predicted molar refractivity (Wildman–Crippen MR) is 123 cm³/mol. The molecule has 0 radical (unpaired) electrons. The molecule has 2 aromatic carbocycles. The topological polar surface area (TPSA) is 72.9 Å². The van der Waals surface area contributed by atoms with Gasteiger partial charge < -0.3 is 13.8 Å². The number of ether oxygens (including phenoxy) is 1. The smallest absolute Gasteiger partial charge is 0.308 e. The number of hydrogen-bond acceptors (Lipinski definition) is 5. The maximum Gasteiger partial charge on any atom is 0.308 e. The van der Waals surface area contributed by atoms with Gasteiger partial charge in [-0.3, -0.25) is 4.79 Å². The van der Waals surface area contributed by atoms with Crippen molar-refractivity contribution < 1.29 is 22.1 Å². The predicted octanol–water partition coefficient (Wildman–Crippen LogP) is 5.03. The van der Waals surface area contributed by atoms with Crippen LogP contribution in [0.2, 0.25) is 0 Å². The molecule has 0 saturated heterocycles. The van der Waals surface area contributed by atoms with Crippen LogP contribution in [0, 0.1) is 0 Å². The Balaban J connectivity index is 2.12. The SMILES string of the molecule is CCCCOc1ccc(C(=O)N(Cc2ccc(OS(=O)(=O)CC)cc2)C(C)CC)cc1. The van der Waals surface area contributed by atoms with E-state index >= 15 is 0 Å². The monoisotopic (exact) mass is 447 g/mol. The van der Waals surface area contributed by atoms with Crippen molar-refractivity contribution in [1.82, 2.24) is 4.90 Å². The Morgan fingerprint density at radius 3 is 2.13 bits per heavy atom. The number of carbonyl (C=O) groups excluding carboxylic acids is 1. The second-order valence-electron chi connectivity index (χ2n) is 7.49. The maximum absolute atomic E-state index is 13.2. The summed E-state index contributed by atoms with van der Waals surface area (Å²) in [4.78, 5) is 15.0. The number of unbranched alkanes of at least 4 members (excludes halogenated alkanes) is 1. The molecule has 7 heteroatoms. The fourth-order valence-corrected chi connectivity index (χ4v) is 3.42. The molecular weight excluding hydrogens is 414 g/mol. The number of nitrogens with zero attached hydrogens (tertiary/aromatic N) is 1. The summed E-state index contributed by atoms with van der Waals surface area (Å²) in [6, 6.07) is 14.1. The van der Waals surface area contributed by atoms with E-state index in [-0.39, 0.29) is 23.5 Å². The molecule has 0 aromatic heterocycles. The maximum atomic E-state index is 13.2. The Labute approximate surface area is 186 Å². The molecule has 0 aliphatic rings.